The number of aromatic nitrogens is 2. The summed E-state index contributed by atoms with van der Waals surface area (Å²) in [7, 11) is 0. The summed E-state index contributed by atoms with van der Waals surface area (Å²) < 4.78 is 1.05. The van der Waals surface area contributed by atoms with Crippen LogP contribution in [0.15, 0.2) is 34.4 Å². The van der Waals surface area contributed by atoms with Gasteiger partial charge in [0.05, 0.1) is 16.0 Å². The average molecular weight is 284 g/mol. The fraction of sp³-hybridized carbons (Fsp3) is 0.200. The van der Waals surface area contributed by atoms with E-state index < -0.39 is 0 Å². The molecule has 0 bridgehead atoms. The first kappa shape index (κ1) is 10.6. The fourth-order valence-corrected chi connectivity index (χ4v) is 2.45. The lowest BCUT2D eigenvalue weighted by Crippen LogP contribution is -2.06. The summed E-state index contributed by atoms with van der Waals surface area (Å²) in [5.41, 5.74) is 0. The molecule has 0 fully saturated rings. The van der Waals surface area contributed by atoms with Crippen LogP contribution in [0.3, 0.4) is 0 Å². The summed E-state index contributed by atoms with van der Waals surface area (Å²) in [5.74, 6) is 0.872. The van der Waals surface area contributed by atoms with Crippen molar-refractivity contribution in [2.45, 2.75) is 13.0 Å². The molecule has 1 N–H and O–H groups in total. The molecule has 0 aliphatic rings. The quantitative estimate of drug-likeness (QED) is 0.937. The predicted octanol–water partition coefficient (Wildman–Crippen LogP) is 3.47. The van der Waals surface area contributed by atoms with Gasteiger partial charge in [0.2, 0.25) is 0 Å². The summed E-state index contributed by atoms with van der Waals surface area (Å²) in [6.45, 7) is 2.07. The zero-order valence-corrected chi connectivity index (χ0v) is 10.5. The molecule has 0 saturated carbocycles. The Labute approximate surface area is 101 Å². The van der Waals surface area contributed by atoms with Gasteiger partial charge in [-0.25, -0.2) is 9.97 Å². The van der Waals surface area contributed by atoms with Gasteiger partial charge in [-0.2, -0.15) is 0 Å². The number of nitrogens with one attached hydrogen (secondary N) is 1. The van der Waals surface area contributed by atoms with Gasteiger partial charge in [-0.1, -0.05) is 6.07 Å². The minimum Gasteiger partial charge on any atom is -0.361 e. The third kappa shape index (κ3) is 2.76. The van der Waals surface area contributed by atoms with E-state index in [2.05, 4.69) is 38.1 Å². The molecule has 0 spiro atoms. The molecule has 0 aliphatic heterocycles. The second kappa shape index (κ2) is 4.72. The van der Waals surface area contributed by atoms with Crippen LogP contribution in [0.2, 0.25) is 0 Å². The summed E-state index contributed by atoms with van der Waals surface area (Å²) in [6, 6.07) is 5.98. The molecule has 2 aromatic rings. The number of nitrogens with zero attached hydrogens (tertiary/aromatic N) is 2. The SMILES string of the molecule is CC(Nc1ccccn1)c1ncc(Br)s1. The third-order valence-corrected chi connectivity index (χ3v) is 3.55. The molecule has 0 amide bonds. The molecule has 2 heterocycles. The molecular formula is C10H10BrN3S. The third-order valence-electron chi connectivity index (χ3n) is 1.90. The van der Waals surface area contributed by atoms with Gasteiger partial charge < -0.3 is 5.32 Å². The molecule has 0 aliphatic carbocycles. The van der Waals surface area contributed by atoms with Crippen molar-refractivity contribution >= 4 is 33.1 Å². The molecule has 3 nitrogen and oxygen atoms in total. The number of pyridine rings is 1. The van der Waals surface area contributed by atoms with Crippen LogP contribution in [-0.2, 0) is 0 Å². The van der Waals surface area contributed by atoms with Crippen LogP contribution in [0.4, 0.5) is 5.82 Å². The van der Waals surface area contributed by atoms with E-state index in [1.165, 1.54) is 0 Å². The van der Waals surface area contributed by atoms with Crippen LogP contribution in [0.1, 0.15) is 18.0 Å². The van der Waals surface area contributed by atoms with Crippen LogP contribution in [0.25, 0.3) is 0 Å². The summed E-state index contributed by atoms with van der Waals surface area (Å²) in [4.78, 5) is 8.50. The standard InChI is InChI=1S/C10H10BrN3S/c1-7(10-13-6-8(11)15-10)14-9-4-2-3-5-12-9/h2-7H,1H3,(H,12,14). The first-order chi connectivity index (χ1) is 7.25. The topological polar surface area (TPSA) is 37.8 Å². The van der Waals surface area contributed by atoms with E-state index in [0.717, 1.165) is 14.6 Å². The van der Waals surface area contributed by atoms with Gasteiger partial charge in [0.15, 0.2) is 0 Å². The van der Waals surface area contributed by atoms with Crippen molar-refractivity contribution in [3.8, 4) is 0 Å². The highest BCUT2D eigenvalue weighted by Crippen LogP contribution is 2.25. The molecule has 1 atom stereocenters. The van der Waals surface area contributed by atoms with Crippen molar-refractivity contribution < 1.29 is 0 Å². The molecule has 0 aromatic carbocycles. The Balaban J connectivity index is 2.07. The number of hydrogen-bond acceptors (Lipinski definition) is 4. The van der Waals surface area contributed by atoms with Crippen LogP contribution in [0, 0.1) is 0 Å². The monoisotopic (exact) mass is 283 g/mol. The molecule has 15 heavy (non-hydrogen) atoms. The highest BCUT2D eigenvalue weighted by atomic mass is 79.9. The number of anilines is 1. The normalized spacial score (nSPS) is 12.4. The maximum absolute atomic E-state index is 4.29. The van der Waals surface area contributed by atoms with Gasteiger partial charge in [0, 0.05) is 6.20 Å². The summed E-state index contributed by atoms with van der Waals surface area (Å²) >= 11 is 5.03. The van der Waals surface area contributed by atoms with Gasteiger partial charge in [-0.3, -0.25) is 0 Å². The van der Waals surface area contributed by atoms with E-state index in [4.69, 9.17) is 0 Å². The number of rotatable bonds is 3. The highest BCUT2D eigenvalue weighted by Gasteiger charge is 2.09. The molecular weight excluding hydrogens is 274 g/mol. The van der Waals surface area contributed by atoms with Crippen LogP contribution < -0.4 is 5.32 Å². The largest absolute Gasteiger partial charge is 0.361 e. The fourth-order valence-electron chi connectivity index (χ4n) is 1.20. The minimum atomic E-state index is 0.177. The zero-order chi connectivity index (χ0) is 10.7. The van der Waals surface area contributed by atoms with Gasteiger partial charge in [-0.15, -0.1) is 11.3 Å². The van der Waals surface area contributed by atoms with Gasteiger partial charge >= 0.3 is 0 Å². The molecule has 1 unspecified atom stereocenters. The Morgan fingerprint density at radius 3 is 2.87 bits per heavy atom. The first-order valence-corrected chi connectivity index (χ1v) is 6.15. The van der Waals surface area contributed by atoms with Gasteiger partial charge in [0.25, 0.3) is 0 Å². The van der Waals surface area contributed by atoms with Crippen LogP contribution >= 0.6 is 27.3 Å². The first-order valence-electron chi connectivity index (χ1n) is 4.54. The summed E-state index contributed by atoms with van der Waals surface area (Å²) in [6.07, 6.45) is 3.59. The lowest BCUT2D eigenvalue weighted by atomic mass is 10.3. The number of halogens is 1. The van der Waals surface area contributed by atoms with E-state index in [1.807, 2.05) is 24.4 Å². The maximum atomic E-state index is 4.29. The highest BCUT2D eigenvalue weighted by molar-refractivity contribution is 9.11. The van der Waals surface area contributed by atoms with E-state index >= 15 is 0 Å². The maximum Gasteiger partial charge on any atom is 0.126 e. The van der Waals surface area contributed by atoms with E-state index in [-0.39, 0.29) is 6.04 Å². The smallest absolute Gasteiger partial charge is 0.126 e. The molecule has 5 heteroatoms. The Kier molecular flexibility index (Phi) is 3.33. The molecule has 0 saturated heterocycles. The van der Waals surface area contributed by atoms with Crippen molar-refractivity contribution in [2.24, 2.45) is 0 Å². The van der Waals surface area contributed by atoms with E-state index in [1.54, 1.807) is 17.5 Å². The number of thiazole rings is 1. The summed E-state index contributed by atoms with van der Waals surface area (Å²) in [5, 5.41) is 4.34. The predicted molar refractivity (Wildman–Crippen MR) is 66.1 cm³/mol. The van der Waals surface area contributed by atoms with Crippen molar-refractivity contribution in [3.63, 3.8) is 0 Å². The second-order valence-electron chi connectivity index (χ2n) is 3.08. The van der Waals surface area contributed by atoms with Crippen LogP contribution in [0.5, 0.6) is 0 Å². The molecule has 2 rings (SSSR count). The Morgan fingerprint density at radius 2 is 2.27 bits per heavy atom. The molecule has 2 aromatic heterocycles. The minimum absolute atomic E-state index is 0.177. The Hall–Kier alpha value is -0.940. The van der Waals surface area contributed by atoms with Crippen molar-refractivity contribution in [2.75, 3.05) is 5.32 Å². The lowest BCUT2D eigenvalue weighted by molar-refractivity contribution is 0.861. The Morgan fingerprint density at radius 1 is 1.40 bits per heavy atom. The van der Waals surface area contributed by atoms with Gasteiger partial charge in [0.1, 0.15) is 10.8 Å². The van der Waals surface area contributed by atoms with Gasteiger partial charge in [-0.05, 0) is 35.0 Å². The van der Waals surface area contributed by atoms with E-state index in [9.17, 15) is 0 Å². The lowest BCUT2D eigenvalue weighted by Gasteiger charge is -2.10. The van der Waals surface area contributed by atoms with Crippen LogP contribution in [-0.4, -0.2) is 9.97 Å². The van der Waals surface area contributed by atoms with Crippen molar-refractivity contribution in [1.29, 1.82) is 0 Å². The second-order valence-corrected chi connectivity index (χ2v) is 5.53. The number of hydrogen-bond donors (Lipinski definition) is 1. The van der Waals surface area contributed by atoms with Crippen molar-refractivity contribution in [1.82, 2.24) is 9.97 Å². The molecule has 78 valence electrons. The van der Waals surface area contributed by atoms with E-state index in [0.29, 0.717) is 0 Å². The Bertz CT molecular complexity index is 429. The zero-order valence-electron chi connectivity index (χ0n) is 8.14. The molecule has 0 radical (unpaired) electrons. The average Bonchev–Trinajstić information content (AvgIpc) is 2.66. The van der Waals surface area contributed by atoms with Crippen molar-refractivity contribution in [3.05, 3.63) is 39.4 Å².